The van der Waals surface area contributed by atoms with E-state index in [2.05, 4.69) is 28.8 Å². The monoisotopic (exact) mass is 345 g/mol. The molecule has 2 atom stereocenters. The van der Waals surface area contributed by atoms with Gasteiger partial charge >= 0.3 is 0 Å². The van der Waals surface area contributed by atoms with Gasteiger partial charge in [-0.25, -0.2) is 13.1 Å². The fourth-order valence-corrected chi connectivity index (χ4v) is 5.25. The van der Waals surface area contributed by atoms with Gasteiger partial charge in [0.1, 0.15) is 4.21 Å². The highest BCUT2D eigenvalue weighted by molar-refractivity contribution is 7.91. The van der Waals surface area contributed by atoms with Gasteiger partial charge in [-0.05, 0) is 44.5 Å². The Labute approximate surface area is 138 Å². The van der Waals surface area contributed by atoms with Crippen LogP contribution in [-0.2, 0) is 10.0 Å². The molecule has 7 heteroatoms. The predicted molar refractivity (Wildman–Crippen MR) is 91.9 cm³/mol. The average molecular weight is 346 g/mol. The molecule has 1 aliphatic heterocycles. The van der Waals surface area contributed by atoms with Gasteiger partial charge in [0.15, 0.2) is 0 Å². The number of sulfonamides is 1. The van der Waals surface area contributed by atoms with Crippen molar-refractivity contribution in [3.8, 4) is 0 Å². The van der Waals surface area contributed by atoms with Crippen LogP contribution in [0.3, 0.4) is 0 Å². The first-order chi connectivity index (χ1) is 10.4. The van der Waals surface area contributed by atoms with Gasteiger partial charge in [0.05, 0.1) is 0 Å². The van der Waals surface area contributed by atoms with E-state index >= 15 is 0 Å². The van der Waals surface area contributed by atoms with E-state index in [1.807, 2.05) is 13.0 Å². The lowest BCUT2D eigenvalue weighted by Crippen LogP contribution is -2.49. The van der Waals surface area contributed by atoms with Crippen molar-refractivity contribution < 1.29 is 8.42 Å². The van der Waals surface area contributed by atoms with Crippen LogP contribution in [-0.4, -0.2) is 52.1 Å². The minimum absolute atomic E-state index is 0.398. The van der Waals surface area contributed by atoms with Gasteiger partial charge in [0.25, 0.3) is 0 Å². The van der Waals surface area contributed by atoms with Crippen molar-refractivity contribution in [1.82, 2.24) is 14.9 Å². The third kappa shape index (κ3) is 4.76. The van der Waals surface area contributed by atoms with Crippen molar-refractivity contribution in [2.24, 2.45) is 5.92 Å². The minimum Gasteiger partial charge on any atom is -0.312 e. The Morgan fingerprint density at radius 3 is 2.73 bits per heavy atom. The van der Waals surface area contributed by atoms with Crippen LogP contribution in [0.25, 0.3) is 0 Å². The summed E-state index contributed by atoms with van der Waals surface area (Å²) in [5.41, 5.74) is 0. The van der Waals surface area contributed by atoms with Crippen LogP contribution in [0.4, 0.5) is 0 Å². The molecular formula is C15H27N3O2S2. The first kappa shape index (κ1) is 17.9. The van der Waals surface area contributed by atoms with Crippen LogP contribution in [0.15, 0.2) is 16.3 Å². The van der Waals surface area contributed by atoms with E-state index in [1.165, 1.54) is 11.3 Å². The van der Waals surface area contributed by atoms with Gasteiger partial charge in [0, 0.05) is 30.6 Å². The minimum atomic E-state index is -3.35. The van der Waals surface area contributed by atoms with E-state index in [0.29, 0.717) is 29.3 Å². The maximum absolute atomic E-state index is 12.1. The fraction of sp³-hybridized carbons (Fsp3) is 0.733. The Hall–Kier alpha value is -0.470. The van der Waals surface area contributed by atoms with Crippen molar-refractivity contribution in [1.29, 1.82) is 0 Å². The van der Waals surface area contributed by atoms with Crippen molar-refractivity contribution >= 4 is 21.4 Å². The van der Waals surface area contributed by atoms with Crippen molar-refractivity contribution in [3.05, 3.63) is 17.0 Å². The zero-order chi connectivity index (χ0) is 16.2. The smallest absolute Gasteiger partial charge is 0.250 e. The van der Waals surface area contributed by atoms with Crippen LogP contribution in [0.5, 0.6) is 0 Å². The summed E-state index contributed by atoms with van der Waals surface area (Å²) in [6, 6.07) is 3.98. The second-order valence-electron chi connectivity index (χ2n) is 5.98. The maximum Gasteiger partial charge on any atom is 0.250 e. The summed E-state index contributed by atoms with van der Waals surface area (Å²) in [5, 5.41) is 3.50. The highest BCUT2D eigenvalue weighted by Crippen LogP contribution is 2.20. The number of hydrogen-bond acceptors (Lipinski definition) is 5. The van der Waals surface area contributed by atoms with Gasteiger partial charge in [-0.2, -0.15) is 0 Å². The first-order valence-corrected chi connectivity index (χ1v) is 10.2. The average Bonchev–Trinajstić information content (AvgIpc) is 2.92. The zero-order valence-corrected chi connectivity index (χ0v) is 15.3. The Kier molecular flexibility index (Phi) is 6.40. The van der Waals surface area contributed by atoms with E-state index in [-0.39, 0.29) is 0 Å². The van der Waals surface area contributed by atoms with Crippen molar-refractivity contribution in [2.45, 2.75) is 37.4 Å². The van der Waals surface area contributed by atoms with E-state index in [9.17, 15) is 8.42 Å². The third-order valence-corrected chi connectivity index (χ3v) is 7.19. The normalized spacial score (nSPS) is 23.8. The van der Waals surface area contributed by atoms with Gasteiger partial charge in [-0.15, -0.1) is 11.3 Å². The molecule has 0 aromatic carbocycles. The summed E-state index contributed by atoms with van der Waals surface area (Å²) >= 11 is 1.31. The molecule has 0 spiro atoms. The third-order valence-electron chi connectivity index (χ3n) is 4.24. The number of piperidine rings is 1. The largest absolute Gasteiger partial charge is 0.312 e. The highest BCUT2D eigenvalue weighted by atomic mass is 32.2. The van der Waals surface area contributed by atoms with Crippen LogP contribution in [0.2, 0.25) is 0 Å². The number of hydrogen-bond donors (Lipinski definition) is 2. The second-order valence-corrected chi connectivity index (χ2v) is 9.26. The zero-order valence-electron chi connectivity index (χ0n) is 13.6. The SMILES string of the molecule is CCN1CC[C@H](NCCNS(=O)(=O)c2ccc(C)s2)[C@H](C)C1. The molecule has 126 valence electrons. The molecule has 2 rings (SSSR count). The molecule has 2 N–H and O–H groups in total. The first-order valence-electron chi connectivity index (χ1n) is 7.94. The Morgan fingerprint density at radius 1 is 1.36 bits per heavy atom. The number of nitrogens with zero attached hydrogens (tertiary/aromatic N) is 1. The van der Waals surface area contributed by atoms with Crippen LogP contribution in [0.1, 0.15) is 25.1 Å². The number of rotatable bonds is 7. The lowest BCUT2D eigenvalue weighted by molar-refractivity contribution is 0.154. The molecule has 0 bridgehead atoms. The second kappa shape index (κ2) is 7.88. The molecule has 1 aromatic heterocycles. The number of aryl methyl sites for hydroxylation is 1. The topological polar surface area (TPSA) is 61.4 Å². The number of thiophene rings is 1. The van der Waals surface area contributed by atoms with Gasteiger partial charge < -0.3 is 10.2 Å². The van der Waals surface area contributed by atoms with E-state index in [4.69, 9.17) is 0 Å². The molecule has 5 nitrogen and oxygen atoms in total. The van der Waals surface area contributed by atoms with E-state index in [0.717, 1.165) is 30.9 Å². The lowest BCUT2D eigenvalue weighted by Gasteiger charge is -2.36. The molecule has 1 aromatic rings. The molecule has 0 aliphatic carbocycles. The van der Waals surface area contributed by atoms with Crippen molar-refractivity contribution in [3.63, 3.8) is 0 Å². The summed E-state index contributed by atoms with van der Waals surface area (Å²) in [4.78, 5) is 3.47. The maximum atomic E-state index is 12.1. The van der Waals surface area contributed by atoms with Crippen LogP contribution in [0, 0.1) is 12.8 Å². The van der Waals surface area contributed by atoms with Crippen LogP contribution >= 0.6 is 11.3 Å². The number of nitrogens with one attached hydrogen (secondary N) is 2. The standard InChI is InChI=1S/C15H27N3O2S2/c1-4-18-10-7-14(12(2)11-18)16-8-9-17-22(19,20)15-6-5-13(3)21-15/h5-6,12,14,16-17H,4,7-11H2,1-3H3/t12-,14+/m1/s1. The quantitative estimate of drug-likeness (QED) is 0.738. The van der Waals surface area contributed by atoms with Crippen LogP contribution < -0.4 is 10.0 Å². The van der Waals surface area contributed by atoms with Gasteiger partial charge in [0.2, 0.25) is 10.0 Å². The van der Waals surface area contributed by atoms with E-state index in [1.54, 1.807) is 6.07 Å². The highest BCUT2D eigenvalue weighted by Gasteiger charge is 2.24. The molecule has 22 heavy (non-hydrogen) atoms. The summed E-state index contributed by atoms with van der Waals surface area (Å²) in [6.07, 6.45) is 1.13. The number of likely N-dealkylation sites (tertiary alicyclic amines) is 1. The Morgan fingerprint density at radius 2 is 2.14 bits per heavy atom. The molecule has 0 amide bonds. The molecule has 1 aliphatic rings. The molecule has 0 unspecified atom stereocenters. The Balaban J connectivity index is 1.73. The molecular weight excluding hydrogens is 318 g/mol. The fourth-order valence-electron chi connectivity index (χ4n) is 2.89. The van der Waals surface area contributed by atoms with Gasteiger partial charge in [-0.3, -0.25) is 0 Å². The summed E-state index contributed by atoms with van der Waals surface area (Å²) in [6.45, 7) is 10.8. The molecule has 0 radical (unpaired) electrons. The van der Waals surface area contributed by atoms with E-state index < -0.39 is 10.0 Å². The molecule has 2 heterocycles. The van der Waals surface area contributed by atoms with Gasteiger partial charge in [-0.1, -0.05) is 13.8 Å². The molecule has 0 saturated carbocycles. The molecule has 1 saturated heterocycles. The summed E-state index contributed by atoms with van der Waals surface area (Å²) < 4.78 is 27.3. The molecule has 1 fully saturated rings. The Bertz CT molecular complexity index is 571. The lowest BCUT2D eigenvalue weighted by atomic mass is 9.94. The summed E-state index contributed by atoms with van der Waals surface area (Å²) in [5.74, 6) is 0.602. The summed E-state index contributed by atoms with van der Waals surface area (Å²) in [7, 11) is -3.35. The van der Waals surface area contributed by atoms with Crippen molar-refractivity contribution in [2.75, 3.05) is 32.7 Å². The predicted octanol–water partition coefficient (Wildman–Crippen LogP) is 1.65.